The van der Waals surface area contributed by atoms with E-state index in [0.717, 1.165) is 30.5 Å². The van der Waals surface area contributed by atoms with Gasteiger partial charge in [-0.1, -0.05) is 24.3 Å². The van der Waals surface area contributed by atoms with Crippen LogP contribution < -0.4 is 0 Å². The van der Waals surface area contributed by atoms with Crippen LogP contribution in [0.3, 0.4) is 0 Å². The second-order valence-corrected chi connectivity index (χ2v) is 4.83. The average molecular weight is 240 g/mol. The molecule has 92 valence electrons. The van der Waals surface area contributed by atoms with Gasteiger partial charge in [0, 0.05) is 24.2 Å². The van der Waals surface area contributed by atoms with Crippen molar-refractivity contribution >= 4 is 5.78 Å². The number of fused-ring (bicyclic) bond motifs is 1. The van der Waals surface area contributed by atoms with E-state index in [1.165, 1.54) is 5.56 Å². The van der Waals surface area contributed by atoms with Gasteiger partial charge in [0.2, 0.25) is 0 Å². The number of hydrogen-bond donors (Lipinski definition) is 0. The lowest BCUT2D eigenvalue weighted by Gasteiger charge is -2.04. The highest BCUT2D eigenvalue weighted by Gasteiger charge is 2.30. The molecule has 0 aliphatic heterocycles. The van der Waals surface area contributed by atoms with Gasteiger partial charge in [-0.15, -0.1) is 0 Å². The normalized spacial score (nSPS) is 18.1. The molecule has 3 nitrogen and oxygen atoms in total. The Kier molecular flexibility index (Phi) is 2.74. The standard InChI is InChI=1S/C15H16N2O/c1-2-17-10-11(9-16-17)7-13-8-12-5-3-4-6-14(12)15(13)18/h3-6,9-10,13H,2,7-8H2,1H3. The fraction of sp³-hybridized carbons (Fsp3) is 0.333. The molecule has 1 aromatic carbocycles. The number of nitrogens with zero attached hydrogens (tertiary/aromatic N) is 2. The Hall–Kier alpha value is -1.90. The number of hydrogen-bond acceptors (Lipinski definition) is 2. The third-order valence-corrected chi connectivity index (χ3v) is 3.61. The van der Waals surface area contributed by atoms with Gasteiger partial charge in [-0.05, 0) is 30.9 Å². The van der Waals surface area contributed by atoms with E-state index in [1.54, 1.807) is 0 Å². The maximum absolute atomic E-state index is 12.3. The second kappa shape index (κ2) is 4.41. The van der Waals surface area contributed by atoms with Gasteiger partial charge in [-0.2, -0.15) is 5.10 Å². The number of aryl methyl sites for hydroxylation is 1. The van der Waals surface area contributed by atoms with Crippen LogP contribution in [0.2, 0.25) is 0 Å². The maximum Gasteiger partial charge on any atom is 0.166 e. The lowest BCUT2D eigenvalue weighted by Crippen LogP contribution is -2.11. The third-order valence-electron chi connectivity index (χ3n) is 3.61. The van der Waals surface area contributed by atoms with Gasteiger partial charge < -0.3 is 0 Å². The highest BCUT2D eigenvalue weighted by molar-refractivity contribution is 6.02. The summed E-state index contributed by atoms with van der Waals surface area (Å²) in [5, 5.41) is 4.26. The van der Waals surface area contributed by atoms with Gasteiger partial charge in [0.1, 0.15) is 0 Å². The SMILES string of the molecule is CCn1cc(CC2Cc3ccccc3C2=O)cn1. The van der Waals surface area contributed by atoms with E-state index in [2.05, 4.69) is 18.1 Å². The zero-order chi connectivity index (χ0) is 12.5. The van der Waals surface area contributed by atoms with Crippen molar-refractivity contribution in [3.8, 4) is 0 Å². The second-order valence-electron chi connectivity index (χ2n) is 4.83. The summed E-state index contributed by atoms with van der Waals surface area (Å²) in [5.74, 6) is 0.381. The number of benzene rings is 1. The van der Waals surface area contributed by atoms with Crippen LogP contribution in [0.15, 0.2) is 36.7 Å². The van der Waals surface area contributed by atoms with E-state index in [4.69, 9.17) is 0 Å². The van der Waals surface area contributed by atoms with E-state index in [9.17, 15) is 4.79 Å². The van der Waals surface area contributed by atoms with Gasteiger partial charge >= 0.3 is 0 Å². The predicted octanol–water partition coefficient (Wildman–Crippen LogP) is 2.50. The molecule has 0 bridgehead atoms. The van der Waals surface area contributed by atoms with E-state index < -0.39 is 0 Å². The molecule has 18 heavy (non-hydrogen) atoms. The van der Waals surface area contributed by atoms with E-state index in [-0.39, 0.29) is 11.7 Å². The van der Waals surface area contributed by atoms with Gasteiger partial charge in [-0.3, -0.25) is 9.48 Å². The van der Waals surface area contributed by atoms with Crippen molar-refractivity contribution in [1.82, 2.24) is 9.78 Å². The number of ketones is 1. The Morgan fingerprint density at radius 1 is 1.39 bits per heavy atom. The molecule has 0 radical (unpaired) electrons. The van der Waals surface area contributed by atoms with Crippen molar-refractivity contribution < 1.29 is 4.79 Å². The van der Waals surface area contributed by atoms with Crippen molar-refractivity contribution in [1.29, 1.82) is 0 Å². The first-order chi connectivity index (χ1) is 8.78. The minimum Gasteiger partial charge on any atom is -0.294 e. The van der Waals surface area contributed by atoms with Crippen molar-refractivity contribution in [3.63, 3.8) is 0 Å². The molecule has 0 amide bonds. The number of rotatable bonds is 3. The molecule has 0 N–H and O–H groups in total. The van der Waals surface area contributed by atoms with Crippen LogP contribution in [0.4, 0.5) is 0 Å². The molecule has 0 spiro atoms. The highest BCUT2D eigenvalue weighted by Crippen LogP contribution is 2.28. The molecule has 1 aromatic heterocycles. The van der Waals surface area contributed by atoms with Crippen molar-refractivity contribution in [2.24, 2.45) is 5.92 Å². The largest absolute Gasteiger partial charge is 0.294 e. The summed E-state index contributed by atoms with van der Waals surface area (Å²) >= 11 is 0. The lowest BCUT2D eigenvalue weighted by atomic mass is 9.98. The summed E-state index contributed by atoms with van der Waals surface area (Å²) in [6, 6.07) is 7.94. The number of Topliss-reactive ketones (excluding diaryl/α,β-unsaturated/α-hetero) is 1. The Morgan fingerprint density at radius 2 is 2.22 bits per heavy atom. The average Bonchev–Trinajstić information content (AvgIpc) is 2.97. The van der Waals surface area contributed by atoms with Crippen LogP contribution in [-0.2, 0) is 19.4 Å². The van der Waals surface area contributed by atoms with Crippen LogP contribution in [0.1, 0.15) is 28.4 Å². The van der Waals surface area contributed by atoms with Crippen LogP contribution in [0, 0.1) is 5.92 Å². The van der Waals surface area contributed by atoms with Gasteiger partial charge in [-0.25, -0.2) is 0 Å². The summed E-state index contributed by atoms with van der Waals surface area (Å²) < 4.78 is 1.90. The molecule has 1 heterocycles. The predicted molar refractivity (Wildman–Crippen MR) is 69.6 cm³/mol. The Labute approximate surface area is 106 Å². The highest BCUT2D eigenvalue weighted by atomic mass is 16.1. The van der Waals surface area contributed by atoms with Crippen LogP contribution in [0.5, 0.6) is 0 Å². The maximum atomic E-state index is 12.3. The third kappa shape index (κ3) is 1.86. The van der Waals surface area contributed by atoms with E-state index in [1.807, 2.05) is 35.3 Å². The first kappa shape index (κ1) is 11.2. The molecule has 0 saturated heterocycles. The smallest absolute Gasteiger partial charge is 0.166 e. The zero-order valence-electron chi connectivity index (χ0n) is 10.5. The van der Waals surface area contributed by atoms with Crippen LogP contribution >= 0.6 is 0 Å². The minimum atomic E-state index is 0.0944. The van der Waals surface area contributed by atoms with Crippen LogP contribution in [-0.4, -0.2) is 15.6 Å². The minimum absolute atomic E-state index is 0.0944. The van der Waals surface area contributed by atoms with E-state index >= 15 is 0 Å². The summed E-state index contributed by atoms with van der Waals surface area (Å²) in [7, 11) is 0. The summed E-state index contributed by atoms with van der Waals surface area (Å²) in [6.07, 6.45) is 5.58. The Morgan fingerprint density at radius 3 is 2.94 bits per heavy atom. The first-order valence-corrected chi connectivity index (χ1v) is 6.41. The van der Waals surface area contributed by atoms with Crippen LogP contribution in [0.25, 0.3) is 0 Å². The molecule has 3 heteroatoms. The van der Waals surface area contributed by atoms with Gasteiger partial charge in [0.25, 0.3) is 0 Å². The molecular weight excluding hydrogens is 224 g/mol. The molecular formula is C15H16N2O. The molecule has 1 atom stereocenters. The molecule has 0 saturated carbocycles. The number of aromatic nitrogens is 2. The lowest BCUT2D eigenvalue weighted by molar-refractivity contribution is 0.0936. The van der Waals surface area contributed by atoms with Crippen molar-refractivity contribution in [3.05, 3.63) is 53.3 Å². The number of carbonyl (C=O) groups is 1. The van der Waals surface area contributed by atoms with Gasteiger partial charge in [0.15, 0.2) is 5.78 Å². The van der Waals surface area contributed by atoms with E-state index in [0.29, 0.717) is 0 Å². The molecule has 2 aromatic rings. The first-order valence-electron chi connectivity index (χ1n) is 6.41. The summed E-state index contributed by atoms with van der Waals surface area (Å²) in [5.41, 5.74) is 3.25. The molecule has 1 unspecified atom stereocenters. The zero-order valence-corrected chi connectivity index (χ0v) is 10.5. The molecule has 0 fully saturated rings. The molecule has 1 aliphatic carbocycles. The Balaban J connectivity index is 1.78. The molecule has 1 aliphatic rings. The fourth-order valence-electron chi connectivity index (χ4n) is 2.65. The molecule has 3 rings (SSSR count). The van der Waals surface area contributed by atoms with Crippen molar-refractivity contribution in [2.75, 3.05) is 0 Å². The fourth-order valence-corrected chi connectivity index (χ4v) is 2.65. The topological polar surface area (TPSA) is 34.9 Å². The monoisotopic (exact) mass is 240 g/mol. The summed E-state index contributed by atoms with van der Waals surface area (Å²) in [6.45, 7) is 2.94. The van der Waals surface area contributed by atoms with Crippen molar-refractivity contribution in [2.45, 2.75) is 26.3 Å². The quantitative estimate of drug-likeness (QED) is 0.826. The number of carbonyl (C=O) groups excluding carboxylic acids is 1. The van der Waals surface area contributed by atoms with Gasteiger partial charge in [0.05, 0.1) is 6.20 Å². The summed E-state index contributed by atoms with van der Waals surface area (Å²) in [4.78, 5) is 12.3. The Bertz CT molecular complexity index is 586.